The molecule has 1 aromatic rings. The van der Waals surface area contributed by atoms with Crippen molar-refractivity contribution in [2.45, 2.75) is 33.1 Å². The Bertz CT molecular complexity index is 322. The number of aryl methyl sites for hydroxylation is 1. The molecule has 0 saturated heterocycles. The highest BCUT2D eigenvalue weighted by molar-refractivity contribution is 5.51. The van der Waals surface area contributed by atoms with Crippen molar-refractivity contribution in [3.63, 3.8) is 0 Å². The molecule has 0 amide bonds. The van der Waals surface area contributed by atoms with Gasteiger partial charge in [0.2, 0.25) is 0 Å². The molecule has 0 spiro atoms. The van der Waals surface area contributed by atoms with Crippen molar-refractivity contribution < 1.29 is 10.2 Å². The van der Waals surface area contributed by atoms with Gasteiger partial charge < -0.3 is 10.2 Å². The maximum atomic E-state index is 9.75. The van der Waals surface area contributed by atoms with E-state index in [-0.39, 0.29) is 16.9 Å². The van der Waals surface area contributed by atoms with E-state index in [0.29, 0.717) is 5.56 Å². The van der Waals surface area contributed by atoms with E-state index in [1.54, 1.807) is 12.1 Å². The number of benzene rings is 1. The normalized spacial score (nSPS) is 11.7. The molecule has 13 heavy (non-hydrogen) atoms. The molecule has 2 heteroatoms. The Morgan fingerprint density at radius 3 is 2.00 bits per heavy atom. The van der Waals surface area contributed by atoms with E-state index in [4.69, 9.17) is 0 Å². The van der Waals surface area contributed by atoms with E-state index in [0.717, 1.165) is 5.56 Å². The predicted octanol–water partition coefficient (Wildman–Crippen LogP) is 2.70. The summed E-state index contributed by atoms with van der Waals surface area (Å²) in [7, 11) is 0. The minimum atomic E-state index is -0.236. The lowest BCUT2D eigenvalue weighted by Crippen LogP contribution is -2.12. The maximum Gasteiger partial charge on any atom is 0.125 e. The molecule has 1 aromatic carbocycles. The summed E-state index contributed by atoms with van der Waals surface area (Å²) in [5, 5.41) is 19.3. The van der Waals surface area contributed by atoms with Crippen LogP contribution in [0.5, 0.6) is 11.5 Å². The molecule has 0 fully saturated rings. The topological polar surface area (TPSA) is 40.5 Å². The van der Waals surface area contributed by atoms with Crippen LogP contribution in [-0.4, -0.2) is 10.2 Å². The minimum Gasteiger partial charge on any atom is -0.508 e. The first-order valence-corrected chi connectivity index (χ1v) is 4.36. The fraction of sp³-hybridized carbons (Fsp3) is 0.455. The molecule has 0 aromatic heterocycles. The Hall–Kier alpha value is -1.18. The average Bonchev–Trinajstić information content (AvgIpc) is 1.95. The SMILES string of the molecule is Cc1ccc(O)c(C(C)(C)C)c1O. The molecule has 0 bridgehead atoms. The second kappa shape index (κ2) is 2.95. The van der Waals surface area contributed by atoms with Gasteiger partial charge in [-0.1, -0.05) is 26.8 Å². The van der Waals surface area contributed by atoms with Crippen molar-refractivity contribution >= 4 is 0 Å². The summed E-state index contributed by atoms with van der Waals surface area (Å²) in [6, 6.07) is 3.33. The smallest absolute Gasteiger partial charge is 0.125 e. The van der Waals surface area contributed by atoms with Crippen LogP contribution in [0.3, 0.4) is 0 Å². The van der Waals surface area contributed by atoms with Gasteiger partial charge >= 0.3 is 0 Å². The first kappa shape index (κ1) is 9.90. The van der Waals surface area contributed by atoms with E-state index >= 15 is 0 Å². The van der Waals surface area contributed by atoms with Gasteiger partial charge in [-0.15, -0.1) is 0 Å². The van der Waals surface area contributed by atoms with Crippen molar-refractivity contribution in [2.75, 3.05) is 0 Å². The van der Waals surface area contributed by atoms with E-state index in [1.165, 1.54) is 0 Å². The zero-order valence-corrected chi connectivity index (χ0v) is 8.55. The minimum absolute atomic E-state index is 0.163. The Morgan fingerprint density at radius 1 is 1.08 bits per heavy atom. The summed E-state index contributed by atoms with van der Waals surface area (Å²) in [6.45, 7) is 7.70. The number of hydrogen-bond donors (Lipinski definition) is 2. The Labute approximate surface area is 78.8 Å². The number of hydrogen-bond acceptors (Lipinski definition) is 2. The molecular formula is C11H16O2. The molecule has 0 saturated carbocycles. The summed E-state index contributed by atoms with van der Waals surface area (Å²) in [5.74, 6) is 0.364. The highest BCUT2D eigenvalue weighted by Gasteiger charge is 2.22. The summed E-state index contributed by atoms with van der Waals surface area (Å²) in [5.41, 5.74) is 1.18. The highest BCUT2D eigenvalue weighted by atomic mass is 16.3. The van der Waals surface area contributed by atoms with Gasteiger partial charge in [0.05, 0.1) is 0 Å². The molecule has 2 N–H and O–H groups in total. The third-order valence-electron chi connectivity index (χ3n) is 2.11. The van der Waals surface area contributed by atoms with Gasteiger partial charge in [-0.25, -0.2) is 0 Å². The zero-order valence-electron chi connectivity index (χ0n) is 8.55. The second-order valence-electron chi connectivity index (χ2n) is 4.38. The fourth-order valence-electron chi connectivity index (χ4n) is 1.42. The molecule has 0 unspecified atom stereocenters. The van der Waals surface area contributed by atoms with Crippen LogP contribution < -0.4 is 0 Å². The van der Waals surface area contributed by atoms with Crippen LogP contribution in [0.1, 0.15) is 31.9 Å². The molecular weight excluding hydrogens is 164 g/mol. The molecule has 0 aliphatic heterocycles. The number of phenols is 2. The molecule has 0 atom stereocenters. The van der Waals surface area contributed by atoms with Crippen molar-refractivity contribution in [3.05, 3.63) is 23.3 Å². The van der Waals surface area contributed by atoms with Gasteiger partial charge in [-0.3, -0.25) is 0 Å². The third kappa shape index (κ3) is 1.77. The number of aromatic hydroxyl groups is 2. The molecule has 0 radical (unpaired) electrons. The summed E-state index contributed by atoms with van der Waals surface area (Å²) in [6.07, 6.45) is 0. The lowest BCUT2D eigenvalue weighted by Gasteiger charge is -2.22. The van der Waals surface area contributed by atoms with Gasteiger partial charge in [0, 0.05) is 5.56 Å². The number of rotatable bonds is 0. The lowest BCUT2D eigenvalue weighted by molar-refractivity contribution is 0.408. The quantitative estimate of drug-likeness (QED) is 0.644. The van der Waals surface area contributed by atoms with E-state index < -0.39 is 0 Å². The van der Waals surface area contributed by atoms with Crippen LogP contribution >= 0.6 is 0 Å². The molecule has 72 valence electrons. The first-order valence-electron chi connectivity index (χ1n) is 4.36. The van der Waals surface area contributed by atoms with Crippen LogP contribution in [-0.2, 0) is 5.41 Å². The van der Waals surface area contributed by atoms with Crippen LogP contribution in [0.25, 0.3) is 0 Å². The fourth-order valence-corrected chi connectivity index (χ4v) is 1.42. The van der Waals surface area contributed by atoms with Gasteiger partial charge in [0.25, 0.3) is 0 Å². The Balaban J connectivity index is 3.43. The van der Waals surface area contributed by atoms with E-state index in [2.05, 4.69) is 0 Å². The highest BCUT2D eigenvalue weighted by Crippen LogP contribution is 2.39. The lowest BCUT2D eigenvalue weighted by atomic mass is 9.84. The largest absolute Gasteiger partial charge is 0.508 e. The summed E-state index contributed by atoms with van der Waals surface area (Å²) < 4.78 is 0. The van der Waals surface area contributed by atoms with Gasteiger partial charge in [0.1, 0.15) is 11.5 Å². The van der Waals surface area contributed by atoms with E-state index in [1.807, 2.05) is 27.7 Å². The maximum absolute atomic E-state index is 9.75. The van der Waals surface area contributed by atoms with Crippen molar-refractivity contribution in [3.8, 4) is 11.5 Å². The molecule has 0 heterocycles. The van der Waals surface area contributed by atoms with E-state index in [9.17, 15) is 10.2 Å². The van der Waals surface area contributed by atoms with Crippen molar-refractivity contribution in [1.82, 2.24) is 0 Å². The van der Waals surface area contributed by atoms with Crippen LogP contribution in [0.4, 0.5) is 0 Å². The van der Waals surface area contributed by atoms with Gasteiger partial charge in [0.15, 0.2) is 0 Å². The average molecular weight is 180 g/mol. The number of phenolic OH excluding ortho intramolecular Hbond substituents is 2. The van der Waals surface area contributed by atoms with Crippen molar-refractivity contribution in [1.29, 1.82) is 0 Å². The van der Waals surface area contributed by atoms with Gasteiger partial charge in [-0.2, -0.15) is 0 Å². The third-order valence-corrected chi connectivity index (χ3v) is 2.11. The van der Waals surface area contributed by atoms with Crippen molar-refractivity contribution in [2.24, 2.45) is 0 Å². The van der Waals surface area contributed by atoms with Crippen LogP contribution in [0, 0.1) is 6.92 Å². The first-order chi connectivity index (χ1) is 5.84. The van der Waals surface area contributed by atoms with Crippen LogP contribution in [0.2, 0.25) is 0 Å². The molecule has 1 rings (SSSR count). The molecule has 0 aliphatic carbocycles. The predicted molar refractivity (Wildman–Crippen MR) is 53.2 cm³/mol. The second-order valence-corrected chi connectivity index (χ2v) is 4.38. The summed E-state index contributed by atoms with van der Waals surface area (Å²) in [4.78, 5) is 0. The van der Waals surface area contributed by atoms with Gasteiger partial charge in [-0.05, 0) is 24.0 Å². The monoisotopic (exact) mass is 180 g/mol. The standard InChI is InChI=1S/C11H16O2/c1-7-5-6-8(12)9(10(7)13)11(2,3)4/h5-6,12-13H,1-4H3. The molecule has 2 nitrogen and oxygen atoms in total. The Morgan fingerprint density at radius 2 is 1.62 bits per heavy atom. The zero-order chi connectivity index (χ0) is 10.2. The Kier molecular flexibility index (Phi) is 2.24. The van der Waals surface area contributed by atoms with Crippen LogP contribution in [0.15, 0.2) is 12.1 Å². The molecule has 0 aliphatic rings. The summed E-state index contributed by atoms with van der Waals surface area (Å²) >= 11 is 0.